The molecule has 0 radical (unpaired) electrons. The normalized spacial score (nSPS) is 18.8. The molecule has 0 aromatic rings. The van der Waals surface area contributed by atoms with Gasteiger partial charge in [0.2, 0.25) is 5.91 Å². The van der Waals surface area contributed by atoms with Crippen molar-refractivity contribution in [3.05, 3.63) is 0 Å². The number of nitrogens with zero attached hydrogens (tertiary/aromatic N) is 2. The zero-order valence-electron chi connectivity index (χ0n) is 12.5. The Morgan fingerprint density at radius 1 is 1.40 bits per heavy atom. The molecular formula is C14H27N3O3. The van der Waals surface area contributed by atoms with Crippen LogP contribution in [0.25, 0.3) is 0 Å². The molecule has 0 saturated carbocycles. The lowest BCUT2D eigenvalue weighted by Gasteiger charge is -2.37. The topological polar surface area (TPSA) is 86.9 Å². The summed E-state index contributed by atoms with van der Waals surface area (Å²) in [5.74, 6) is -1.05. The van der Waals surface area contributed by atoms with Crippen LogP contribution in [0.2, 0.25) is 0 Å². The number of likely N-dealkylation sites (tertiary alicyclic amines) is 1. The predicted molar refractivity (Wildman–Crippen MR) is 77.4 cm³/mol. The highest BCUT2D eigenvalue weighted by Gasteiger charge is 2.27. The Balaban J connectivity index is 2.39. The second-order valence-electron chi connectivity index (χ2n) is 5.56. The van der Waals surface area contributed by atoms with Crippen LogP contribution >= 0.6 is 0 Å². The van der Waals surface area contributed by atoms with Gasteiger partial charge in [-0.3, -0.25) is 9.59 Å². The number of likely N-dealkylation sites (N-methyl/N-ethyl adjacent to an activating group) is 1. The first-order valence-corrected chi connectivity index (χ1v) is 7.42. The maximum atomic E-state index is 12.2. The summed E-state index contributed by atoms with van der Waals surface area (Å²) >= 11 is 0. The zero-order valence-corrected chi connectivity index (χ0v) is 12.5. The quantitative estimate of drug-likeness (QED) is 0.712. The van der Waals surface area contributed by atoms with Crippen LogP contribution in [0.1, 0.15) is 39.0 Å². The van der Waals surface area contributed by atoms with Gasteiger partial charge in [0.05, 0.1) is 6.04 Å². The van der Waals surface area contributed by atoms with Crippen molar-refractivity contribution in [1.82, 2.24) is 9.80 Å². The Labute approximate surface area is 120 Å². The Morgan fingerprint density at radius 2 is 2.00 bits per heavy atom. The van der Waals surface area contributed by atoms with E-state index in [1.807, 2.05) is 0 Å². The summed E-state index contributed by atoms with van der Waals surface area (Å²) in [7, 11) is 1.78. The van der Waals surface area contributed by atoms with Gasteiger partial charge in [0.1, 0.15) is 0 Å². The predicted octanol–water partition coefficient (Wildman–Crippen LogP) is 0.511. The number of carbonyl (C=O) groups is 2. The summed E-state index contributed by atoms with van der Waals surface area (Å²) in [6, 6.07) is -0.476. The van der Waals surface area contributed by atoms with E-state index in [0.29, 0.717) is 0 Å². The molecule has 1 rings (SSSR count). The number of carbonyl (C=O) groups excluding carboxylic acids is 1. The van der Waals surface area contributed by atoms with Gasteiger partial charge < -0.3 is 20.6 Å². The number of piperidine rings is 1. The van der Waals surface area contributed by atoms with E-state index in [0.717, 1.165) is 38.9 Å². The fourth-order valence-electron chi connectivity index (χ4n) is 2.69. The zero-order chi connectivity index (χ0) is 15.1. The van der Waals surface area contributed by atoms with Gasteiger partial charge in [0.15, 0.2) is 0 Å². The van der Waals surface area contributed by atoms with Gasteiger partial charge in [-0.15, -0.1) is 0 Å². The van der Waals surface area contributed by atoms with Crippen LogP contribution in [-0.2, 0) is 9.59 Å². The lowest BCUT2D eigenvalue weighted by atomic mass is 10.0. The highest BCUT2D eigenvalue weighted by molar-refractivity contribution is 5.82. The average molecular weight is 285 g/mol. The number of aliphatic carboxylic acids is 1. The number of rotatable bonds is 7. The molecule has 20 heavy (non-hydrogen) atoms. The van der Waals surface area contributed by atoms with Gasteiger partial charge >= 0.3 is 5.97 Å². The van der Waals surface area contributed by atoms with Crippen molar-refractivity contribution in [2.75, 3.05) is 26.7 Å². The Morgan fingerprint density at radius 3 is 2.50 bits per heavy atom. The number of hydrogen-bond acceptors (Lipinski definition) is 4. The smallest absolute Gasteiger partial charge is 0.303 e. The minimum Gasteiger partial charge on any atom is -0.481 e. The summed E-state index contributed by atoms with van der Waals surface area (Å²) in [6.07, 6.45) is 3.23. The van der Waals surface area contributed by atoms with Gasteiger partial charge in [-0.25, -0.2) is 0 Å². The summed E-state index contributed by atoms with van der Waals surface area (Å²) in [5, 5.41) is 8.63. The second-order valence-corrected chi connectivity index (χ2v) is 5.56. The molecule has 1 aliphatic heterocycles. The lowest BCUT2D eigenvalue weighted by molar-refractivity contribution is -0.138. The van der Waals surface area contributed by atoms with Crippen molar-refractivity contribution in [3.8, 4) is 0 Å². The molecule has 1 saturated heterocycles. The molecule has 1 amide bonds. The molecule has 3 N–H and O–H groups in total. The third-order valence-electron chi connectivity index (χ3n) is 3.98. The van der Waals surface area contributed by atoms with Crippen molar-refractivity contribution in [3.63, 3.8) is 0 Å². The molecule has 0 spiro atoms. The highest BCUT2D eigenvalue weighted by atomic mass is 16.4. The van der Waals surface area contributed by atoms with E-state index < -0.39 is 12.0 Å². The highest BCUT2D eigenvalue weighted by Crippen LogP contribution is 2.16. The summed E-state index contributed by atoms with van der Waals surface area (Å²) in [6.45, 7) is 5.31. The fourth-order valence-corrected chi connectivity index (χ4v) is 2.69. The van der Waals surface area contributed by atoms with Crippen LogP contribution < -0.4 is 5.73 Å². The number of carboxylic acid groups (broad SMARTS) is 1. The van der Waals surface area contributed by atoms with Crippen molar-refractivity contribution >= 4 is 11.9 Å². The third kappa shape index (κ3) is 5.09. The molecule has 1 atom stereocenters. The van der Waals surface area contributed by atoms with Gasteiger partial charge in [0, 0.05) is 32.6 Å². The largest absolute Gasteiger partial charge is 0.481 e. The van der Waals surface area contributed by atoms with Crippen LogP contribution in [0.15, 0.2) is 0 Å². The summed E-state index contributed by atoms with van der Waals surface area (Å²) in [5.41, 5.74) is 5.78. The number of amides is 1. The van der Waals surface area contributed by atoms with Crippen LogP contribution in [-0.4, -0.2) is 65.5 Å². The Hall–Kier alpha value is -1.14. The molecule has 6 nitrogen and oxygen atoms in total. The average Bonchev–Trinajstić information content (AvgIpc) is 2.44. The molecular weight excluding hydrogens is 258 g/mol. The maximum Gasteiger partial charge on any atom is 0.303 e. The van der Waals surface area contributed by atoms with Crippen molar-refractivity contribution in [1.29, 1.82) is 0 Å². The monoisotopic (exact) mass is 285 g/mol. The van der Waals surface area contributed by atoms with Crippen LogP contribution in [0, 0.1) is 0 Å². The second kappa shape index (κ2) is 8.21. The van der Waals surface area contributed by atoms with Gasteiger partial charge in [-0.1, -0.05) is 6.92 Å². The fraction of sp³-hybridized carbons (Fsp3) is 0.857. The van der Waals surface area contributed by atoms with Gasteiger partial charge in [-0.2, -0.15) is 0 Å². The molecule has 1 fully saturated rings. The van der Waals surface area contributed by atoms with E-state index in [1.165, 1.54) is 0 Å². The van der Waals surface area contributed by atoms with Crippen LogP contribution in [0.4, 0.5) is 0 Å². The molecule has 0 bridgehead atoms. The van der Waals surface area contributed by atoms with Crippen LogP contribution in [0.5, 0.6) is 0 Å². The van der Waals surface area contributed by atoms with Crippen LogP contribution in [0.3, 0.4) is 0 Å². The maximum absolute atomic E-state index is 12.2. The lowest BCUT2D eigenvalue weighted by Crippen LogP contribution is -2.50. The molecule has 116 valence electrons. The SMILES string of the molecule is CCCN1CCC(N(C)C(=O)C(N)CCC(=O)O)CC1. The minimum atomic E-state index is -0.913. The molecule has 6 heteroatoms. The first-order chi connectivity index (χ1) is 9.45. The van der Waals surface area contributed by atoms with E-state index >= 15 is 0 Å². The van der Waals surface area contributed by atoms with Crippen molar-refractivity contribution < 1.29 is 14.7 Å². The van der Waals surface area contributed by atoms with Crippen molar-refractivity contribution in [2.24, 2.45) is 5.73 Å². The summed E-state index contributed by atoms with van der Waals surface area (Å²) in [4.78, 5) is 26.8. The number of carboxylic acids is 1. The Kier molecular flexibility index (Phi) is 6.95. The molecule has 1 unspecified atom stereocenters. The van der Waals surface area contributed by atoms with Gasteiger partial charge in [0.25, 0.3) is 0 Å². The number of hydrogen-bond donors (Lipinski definition) is 2. The molecule has 1 heterocycles. The van der Waals surface area contributed by atoms with Crippen molar-refractivity contribution in [2.45, 2.75) is 51.1 Å². The first kappa shape index (κ1) is 16.9. The molecule has 0 aromatic carbocycles. The van der Waals surface area contributed by atoms with E-state index in [9.17, 15) is 9.59 Å². The van der Waals surface area contributed by atoms with E-state index in [2.05, 4.69) is 11.8 Å². The van der Waals surface area contributed by atoms with E-state index in [-0.39, 0.29) is 24.8 Å². The van der Waals surface area contributed by atoms with E-state index in [1.54, 1.807) is 11.9 Å². The first-order valence-electron chi connectivity index (χ1n) is 7.42. The van der Waals surface area contributed by atoms with E-state index in [4.69, 9.17) is 10.8 Å². The van der Waals surface area contributed by atoms with Gasteiger partial charge in [-0.05, 0) is 32.2 Å². The summed E-state index contributed by atoms with van der Waals surface area (Å²) < 4.78 is 0. The molecule has 1 aliphatic rings. The Bertz CT molecular complexity index is 328. The molecule has 0 aromatic heterocycles. The standard InChI is InChI=1S/C14H27N3O3/c1-3-8-17-9-6-11(7-10-17)16(2)14(20)12(15)4-5-13(18)19/h11-12H,3-10,15H2,1-2H3,(H,18,19). The molecule has 0 aliphatic carbocycles. The number of nitrogens with two attached hydrogens (primary N) is 1. The minimum absolute atomic E-state index is 0.0598. The third-order valence-corrected chi connectivity index (χ3v) is 3.98.